The van der Waals surface area contributed by atoms with Gasteiger partial charge in [0.05, 0.1) is 6.10 Å². The SMILES string of the molecule is C/C=C(F)\C=C/C(O)CC(=O)C(=O)O. The lowest BCUT2D eigenvalue weighted by molar-refractivity contribution is -0.149. The molecule has 5 heteroatoms. The molecule has 0 heterocycles. The number of aliphatic hydroxyl groups excluding tert-OH is 1. The van der Waals surface area contributed by atoms with E-state index in [1.807, 2.05) is 0 Å². The molecule has 0 aromatic rings. The van der Waals surface area contributed by atoms with Crippen LogP contribution < -0.4 is 0 Å². The van der Waals surface area contributed by atoms with Gasteiger partial charge in [-0.25, -0.2) is 9.18 Å². The average molecular weight is 202 g/mol. The van der Waals surface area contributed by atoms with Crippen LogP contribution in [0.1, 0.15) is 13.3 Å². The van der Waals surface area contributed by atoms with E-state index < -0.39 is 30.1 Å². The molecular weight excluding hydrogens is 191 g/mol. The Morgan fingerprint density at radius 2 is 2.07 bits per heavy atom. The first-order valence-electron chi connectivity index (χ1n) is 3.91. The molecule has 1 atom stereocenters. The van der Waals surface area contributed by atoms with Gasteiger partial charge in [-0.05, 0) is 13.0 Å². The summed E-state index contributed by atoms with van der Waals surface area (Å²) in [5.74, 6) is -3.28. The van der Waals surface area contributed by atoms with E-state index in [0.29, 0.717) is 0 Å². The van der Waals surface area contributed by atoms with Gasteiger partial charge in [0.15, 0.2) is 0 Å². The molecule has 0 aromatic heterocycles. The highest BCUT2D eigenvalue weighted by atomic mass is 19.1. The van der Waals surface area contributed by atoms with Crippen LogP contribution in [0.3, 0.4) is 0 Å². The average Bonchev–Trinajstić information content (AvgIpc) is 2.13. The Morgan fingerprint density at radius 3 is 2.50 bits per heavy atom. The second-order valence-electron chi connectivity index (χ2n) is 2.53. The molecule has 1 unspecified atom stereocenters. The quantitative estimate of drug-likeness (QED) is 0.511. The monoisotopic (exact) mass is 202 g/mol. The molecule has 0 radical (unpaired) electrons. The first kappa shape index (κ1) is 12.5. The number of allylic oxidation sites excluding steroid dienone is 3. The topological polar surface area (TPSA) is 74.6 Å². The maximum Gasteiger partial charge on any atom is 0.372 e. The largest absolute Gasteiger partial charge is 0.475 e. The van der Waals surface area contributed by atoms with Gasteiger partial charge < -0.3 is 10.2 Å². The molecule has 4 nitrogen and oxygen atoms in total. The van der Waals surface area contributed by atoms with Gasteiger partial charge in [0.2, 0.25) is 5.78 Å². The molecule has 78 valence electrons. The molecule has 0 aliphatic carbocycles. The summed E-state index contributed by atoms with van der Waals surface area (Å²) in [5.41, 5.74) is 0. The Labute approximate surface area is 80.4 Å². The zero-order chi connectivity index (χ0) is 11.1. The van der Waals surface area contributed by atoms with Gasteiger partial charge in [0.25, 0.3) is 0 Å². The van der Waals surface area contributed by atoms with Crippen molar-refractivity contribution in [3.05, 3.63) is 24.1 Å². The van der Waals surface area contributed by atoms with Crippen molar-refractivity contribution < 1.29 is 24.2 Å². The van der Waals surface area contributed by atoms with E-state index in [-0.39, 0.29) is 0 Å². The molecule has 0 saturated carbocycles. The summed E-state index contributed by atoms with van der Waals surface area (Å²) < 4.78 is 12.5. The first-order valence-corrected chi connectivity index (χ1v) is 3.91. The molecule has 0 saturated heterocycles. The number of ketones is 1. The number of hydrogen-bond acceptors (Lipinski definition) is 3. The summed E-state index contributed by atoms with van der Waals surface area (Å²) in [6, 6.07) is 0. The Hall–Kier alpha value is -1.49. The van der Waals surface area contributed by atoms with Crippen LogP contribution in [0.15, 0.2) is 24.1 Å². The fourth-order valence-electron chi connectivity index (χ4n) is 0.645. The van der Waals surface area contributed by atoms with Gasteiger partial charge in [0.1, 0.15) is 5.83 Å². The second-order valence-corrected chi connectivity index (χ2v) is 2.53. The zero-order valence-corrected chi connectivity index (χ0v) is 7.61. The van der Waals surface area contributed by atoms with Gasteiger partial charge in [0, 0.05) is 6.42 Å². The molecule has 0 aromatic carbocycles. The number of carboxylic acid groups (broad SMARTS) is 1. The van der Waals surface area contributed by atoms with Crippen LogP contribution in [0.5, 0.6) is 0 Å². The van der Waals surface area contributed by atoms with E-state index in [1.54, 1.807) is 0 Å². The zero-order valence-electron chi connectivity index (χ0n) is 7.61. The summed E-state index contributed by atoms with van der Waals surface area (Å²) in [7, 11) is 0. The third-order valence-corrected chi connectivity index (χ3v) is 1.39. The van der Waals surface area contributed by atoms with E-state index in [4.69, 9.17) is 10.2 Å². The second kappa shape index (κ2) is 6.04. The van der Waals surface area contributed by atoms with Crippen molar-refractivity contribution in [2.45, 2.75) is 19.4 Å². The number of aliphatic carboxylic acids is 1. The third kappa shape index (κ3) is 5.21. The van der Waals surface area contributed by atoms with Crippen LogP contribution in [-0.2, 0) is 9.59 Å². The van der Waals surface area contributed by atoms with Crippen molar-refractivity contribution in [2.75, 3.05) is 0 Å². The van der Waals surface area contributed by atoms with Crippen LogP contribution in [0.25, 0.3) is 0 Å². The van der Waals surface area contributed by atoms with Crippen LogP contribution in [0, 0.1) is 0 Å². The number of aliphatic hydroxyl groups is 1. The number of carboxylic acids is 1. The van der Waals surface area contributed by atoms with E-state index >= 15 is 0 Å². The van der Waals surface area contributed by atoms with Gasteiger partial charge >= 0.3 is 5.97 Å². The summed E-state index contributed by atoms with van der Waals surface area (Å²) in [4.78, 5) is 20.6. The van der Waals surface area contributed by atoms with Crippen molar-refractivity contribution in [3.63, 3.8) is 0 Å². The third-order valence-electron chi connectivity index (χ3n) is 1.39. The highest BCUT2D eigenvalue weighted by Crippen LogP contribution is 2.01. The number of halogens is 1. The predicted octanol–water partition coefficient (Wildman–Crippen LogP) is 0.821. The minimum absolute atomic E-state index is 0.553. The summed E-state index contributed by atoms with van der Waals surface area (Å²) in [6.07, 6.45) is 1.34. The van der Waals surface area contributed by atoms with Crippen LogP contribution in [0.2, 0.25) is 0 Å². The van der Waals surface area contributed by atoms with Crippen molar-refractivity contribution in [2.24, 2.45) is 0 Å². The lowest BCUT2D eigenvalue weighted by Crippen LogP contribution is -2.18. The fraction of sp³-hybridized carbons (Fsp3) is 0.333. The van der Waals surface area contributed by atoms with Gasteiger partial charge in [-0.2, -0.15) is 0 Å². The van der Waals surface area contributed by atoms with Crippen molar-refractivity contribution in [1.82, 2.24) is 0 Å². The molecule has 0 fully saturated rings. The number of hydrogen-bond donors (Lipinski definition) is 2. The van der Waals surface area contributed by atoms with Crippen molar-refractivity contribution >= 4 is 11.8 Å². The number of Topliss-reactive ketones (excluding diaryl/α,β-unsaturated/α-hetero) is 1. The van der Waals surface area contributed by atoms with Crippen LogP contribution >= 0.6 is 0 Å². The first-order chi connectivity index (χ1) is 6.47. The van der Waals surface area contributed by atoms with E-state index in [2.05, 4.69) is 0 Å². The molecule has 0 aliphatic rings. The molecule has 0 aliphatic heterocycles. The normalized spacial score (nSPS) is 14.4. The van der Waals surface area contributed by atoms with E-state index in [0.717, 1.165) is 12.2 Å². The van der Waals surface area contributed by atoms with Gasteiger partial charge in [-0.3, -0.25) is 4.79 Å². The molecule has 2 N–H and O–H groups in total. The van der Waals surface area contributed by atoms with E-state index in [1.165, 1.54) is 13.0 Å². The Morgan fingerprint density at radius 1 is 1.50 bits per heavy atom. The van der Waals surface area contributed by atoms with Crippen molar-refractivity contribution in [1.29, 1.82) is 0 Å². The highest BCUT2D eigenvalue weighted by Gasteiger charge is 2.14. The molecule has 0 bridgehead atoms. The minimum Gasteiger partial charge on any atom is -0.475 e. The molecule has 0 spiro atoms. The number of rotatable bonds is 5. The van der Waals surface area contributed by atoms with E-state index in [9.17, 15) is 14.0 Å². The molecule has 0 amide bonds. The van der Waals surface area contributed by atoms with Crippen LogP contribution in [-0.4, -0.2) is 28.1 Å². The minimum atomic E-state index is -1.61. The molecule has 0 rings (SSSR count). The Bertz CT molecular complexity index is 281. The van der Waals surface area contributed by atoms with Gasteiger partial charge in [-0.15, -0.1) is 0 Å². The van der Waals surface area contributed by atoms with Crippen molar-refractivity contribution in [3.8, 4) is 0 Å². The molecule has 14 heavy (non-hydrogen) atoms. The maximum atomic E-state index is 12.5. The Kier molecular flexibility index (Phi) is 5.40. The fourth-order valence-corrected chi connectivity index (χ4v) is 0.645. The highest BCUT2D eigenvalue weighted by molar-refractivity contribution is 6.32. The molecular formula is C9H11FO4. The Balaban J connectivity index is 4.11. The smallest absolute Gasteiger partial charge is 0.372 e. The number of carbonyl (C=O) groups excluding carboxylic acids is 1. The lowest BCUT2D eigenvalue weighted by Gasteiger charge is -2.00. The number of carbonyl (C=O) groups is 2. The summed E-state index contributed by atoms with van der Waals surface area (Å²) in [5, 5.41) is 17.2. The van der Waals surface area contributed by atoms with Gasteiger partial charge in [-0.1, -0.05) is 12.2 Å². The summed E-state index contributed by atoms with van der Waals surface area (Å²) >= 11 is 0. The van der Waals surface area contributed by atoms with Crippen LogP contribution in [0.4, 0.5) is 4.39 Å². The predicted molar refractivity (Wildman–Crippen MR) is 47.3 cm³/mol. The maximum absolute atomic E-state index is 12.5. The summed E-state index contributed by atoms with van der Waals surface area (Å²) in [6.45, 7) is 1.47. The standard InChI is InChI=1S/C9H11FO4/c1-2-6(10)3-4-7(11)5-8(12)9(13)14/h2-4,7,11H,5H2,1H3,(H,13,14)/b4-3-,6-2+. The lowest BCUT2D eigenvalue weighted by atomic mass is 10.1.